The summed E-state index contributed by atoms with van der Waals surface area (Å²) in [5.41, 5.74) is 3.38. The van der Waals surface area contributed by atoms with Gasteiger partial charge >= 0.3 is 0 Å². The van der Waals surface area contributed by atoms with Crippen LogP contribution in [0, 0.1) is 24.0 Å². The summed E-state index contributed by atoms with van der Waals surface area (Å²) in [4.78, 5) is 32.1. The molecule has 0 fully saturated rings. The largest absolute Gasteiger partial charge is 0.322 e. The number of carbonyl (C=O) groups is 1. The molecule has 2 aromatic carbocycles. The van der Waals surface area contributed by atoms with Crippen LogP contribution >= 0.6 is 11.8 Å². The van der Waals surface area contributed by atoms with Crippen LogP contribution in [0.3, 0.4) is 0 Å². The first-order valence-corrected chi connectivity index (χ1v) is 10.4. The van der Waals surface area contributed by atoms with Crippen molar-refractivity contribution in [2.75, 3.05) is 5.32 Å². The second-order valence-corrected chi connectivity index (χ2v) is 7.79. The lowest BCUT2D eigenvalue weighted by Gasteiger charge is -2.09. The number of non-ortho nitro benzene ring substituents is 1. The third-order valence-corrected chi connectivity index (χ3v) is 5.42. The fourth-order valence-electron chi connectivity index (χ4n) is 3.11. The molecular formula is C21H18N6O3S. The SMILES string of the molecule is Cc1cc(C)n2nc(SCc3ccccc3C(=O)Nc3cccc([N+](=O)[O-])c3)nc2n1. The van der Waals surface area contributed by atoms with Crippen LogP contribution in [0.15, 0.2) is 59.8 Å². The molecule has 1 N–H and O–H groups in total. The first-order valence-electron chi connectivity index (χ1n) is 9.38. The Balaban J connectivity index is 1.52. The Labute approximate surface area is 181 Å². The van der Waals surface area contributed by atoms with Crippen LogP contribution in [0.2, 0.25) is 0 Å². The lowest BCUT2D eigenvalue weighted by molar-refractivity contribution is -0.384. The summed E-state index contributed by atoms with van der Waals surface area (Å²) in [6.45, 7) is 3.85. The molecule has 1 amide bonds. The maximum atomic E-state index is 12.8. The number of nitro benzene ring substituents is 1. The molecule has 2 aromatic heterocycles. The zero-order valence-corrected chi connectivity index (χ0v) is 17.6. The molecule has 0 radical (unpaired) electrons. The summed E-state index contributed by atoms with van der Waals surface area (Å²) < 4.78 is 1.69. The number of aromatic nitrogens is 4. The molecule has 0 aliphatic rings. The fourth-order valence-corrected chi connectivity index (χ4v) is 3.94. The predicted molar refractivity (Wildman–Crippen MR) is 117 cm³/mol. The molecule has 10 heteroatoms. The van der Waals surface area contributed by atoms with Gasteiger partial charge in [0.25, 0.3) is 17.4 Å². The molecule has 0 spiro atoms. The number of nitro groups is 1. The van der Waals surface area contributed by atoms with Crippen LogP contribution in [0.25, 0.3) is 5.78 Å². The van der Waals surface area contributed by atoms with Gasteiger partial charge in [0, 0.05) is 40.5 Å². The summed E-state index contributed by atoms with van der Waals surface area (Å²) in [5.74, 6) is 0.678. The molecule has 4 rings (SSSR count). The van der Waals surface area contributed by atoms with Crippen LogP contribution in [0.5, 0.6) is 0 Å². The van der Waals surface area contributed by atoms with Crippen molar-refractivity contribution in [3.8, 4) is 0 Å². The van der Waals surface area contributed by atoms with Crippen molar-refractivity contribution < 1.29 is 9.72 Å². The number of nitrogens with one attached hydrogen (secondary N) is 1. The van der Waals surface area contributed by atoms with Crippen molar-refractivity contribution in [1.82, 2.24) is 19.6 Å². The van der Waals surface area contributed by atoms with Crippen LogP contribution in [-0.4, -0.2) is 30.4 Å². The van der Waals surface area contributed by atoms with Crippen LogP contribution in [-0.2, 0) is 5.75 Å². The van der Waals surface area contributed by atoms with Gasteiger partial charge in [-0.3, -0.25) is 14.9 Å². The lowest BCUT2D eigenvalue weighted by atomic mass is 10.1. The van der Waals surface area contributed by atoms with Gasteiger partial charge in [-0.25, -0.2) is 9.50 Å². The summed E-state index contributed by atoms with van der Waals surface area (Å²) in [6.07, 6.45) is 0. The maximum Gasteiger partial charge on any atom is 0.271 e. The minimum absolute atomic E-state index is 0.0845. The molecule has 0 saturated heterocycles. The number of amides is 1. The molecule has 31 heavy (non-hydrogen) atoms. The van der Waals surface area contributed by atoms with Gasteiger partial charge in [-0.2, -0.15) is 4.98 Å². The lowest BCUT2D eigenvalue weighted by Crippen LogP contribution is -2.14. The Morgan fingerprint density at radius 3 is 2.74 bits per heavy atom. The number of fused-ring (bicyclic) bond motifs is 1. The van der Waals surface area contributed by atoms with Gasteiger partial charge in [0.15, 0.2) is 0 Å². The number of anilines is 1. The highest BCUT2D eigenvalue weighted by Gasteiger charge is 2.15. The molecule has 0 aliphatic carbocycles. The smallest absolute Gasteiger partial charge is 0.271 e. The number of hydrogen-bond donors (Lipinski definition) is 1. The van der Waals surface area contributed by atoms with Gasteiger partial charge in [-0.05, 0) is 37.6 Å². The van der Waals surface area contributed by atoms with Crippen LogP contribution in [0.1, 0.15) is 27.3 Å². The molecule has 0 aliphatic heterocycles. The van der Waals surface area contributed by atoms with Crippen LogP contribution in [0.4, 0.5) is 11.4 Å². The maximum absolute atomic E-state index is 12.8. The van der Waals surface area contributed by atoms with E-state index in [0.29, 0.717) is 27.9 Å². The van der Waals surface area contributed by atoms with Crippen molar-refractivity contribution in [2.24, 2.45) is 0 Å². The summed E-state index contributed by atoms with van der Waals surface area (Å²) in [6, 6.07) is 15.0. The molecular weight excluding hydrogens is 416 g/mol. The summed E-state index contributed by atoms with van der Waals surface area (Å²) in [5, 5.41) is 18.7. The van der Waals surface area contributed by atoms with E-state index in [2.05, 4.69) is 20.4 Å². The highest BCUT2D eigenvalue weighted by atomic mass is 32.2. The molecule has 156 valence electrons. The fraction of sp³-hybridized carbons (Fsp3) is 0.143. The minimum atomic E-state index is -0.500. The predicted octanol–water partition coefficient (Wildman–Crippen LogP) is 4.19. The van der Waals surface area contributed by atoms with Gasteiger partial charge in [-0.1, -0.05) is 36.0 Å². The number of nitrogens with zero attached hydrogens (tertiary/aromatic N) is 5. The van der Waals surface area contributed by atoms with E-state index in [4.69, 9.17) is 0 Å². The Bertz CT molecular complexity index is 1300. The summed E-state index contributed by atoms with van der Waals surface area (Å²) >= 11 is 1.41. The van der Waals surface area contributed by atoms with E-state index in [9.17, 15) is 14.9 Å². The number of carbonyl (C=O) groups excluding carboxylic acids is 1. The van der Waals surface area contributed by atoms with Gasteiger partial charge in [-0.15, -0.1) is 5.10 Å². The van der Waals surface area contributed by atoms with Crippen molar-refractivity contribution in [2.45, 2.75) is 24.8 Å². The van der Waals surface area contributed by atoms with E-state index >= 15 is 0 Å². The molecule has 0 bridgehead atoms. The van der Waals surface area contributed by atoms with Gasteiger partial charge in [0.1, 0.15) is 0 Å². The molecule has 0 atom stereocenters. The monoisotopic (exact) mass is 434 g/mol. The molecule has 0 unspecified atom stereocenters. The average Bonchev–Trinajstić information content (AvgIpc) is 3.16. The third kappa shape index (κ3) is 4.53. The first kappa shape index (κ1) is 20.5. The van der Waals surface area contributed by atoms with E-state index in [0.717, 1.165) is 17.0 Å². The zero-order valence-electron chi connectivity index (χ0n) is 16.8. The van der Waals surface area contributed by atoms with Crippen molar-refractivity contribution >= 4 is 34.8 Å². The summed E-state index contributed by atoms with van der Waals surface area (Å²) in [7, 11) is 0. The number of benzene rings is 2. The second-order valence-electron chi connectivity index (χ2n) is 6.85. The molecule has 2 heterocycles. The highest BCUT2D eigenvalue weighted by molar-refractivity contribution is 7.98. The second kappa shape index (κ2) is 8.52. The topological polar surface area (TPSA) is 115 Å². The van der Waals surface area contributed by atoms with E-state index in [-0.39, 0.29) is 11.6 Å². The third-order valence-electron chi connectivity index (χ3n) is 4.53. The first-order chi connectivity index (χ1) is 14.9. The standard InChI is InChI=1S/C21H18N6O3S/c1-13-10-14(2)26-20(22-13)24-21(25-26)31-12-15-6-3-4-9-18(15)19(28)23-16-7-5-8-17(11-16)27(29)30/h3-11H,12H2,1-2H3,(H,23,28). The molecule has 0 saturated carbocycles. The Morgan fingerprint density at radius 2 is 1.94 bits per heavy atom. The van der Waals surface area contributed by atoms with Crippen LogP contribution < -0.4 is 5.32 Å². The Morgan fingerprint density at radius 1 is 1.13 bits per heavy atom. The zero-order chi connectivity index (χ0) is 22.0. The van der Waals surface area contributed by atoms with Gasteiger partial charge < -0.3 is 5.32 Å². The molecule has 4 aromatic rings. The van der Waals surface area contributed by atoms with Gasteiger partial charge in [0.05, 0.1) is 4.92 Å². The van der Waals surface area contributed by atoms with Crippen molar-refractivity contribution in [3.05, 3.63) is 87.2 Å². The Kier molecular flexibility index (Phi) is 5.63. The quantitative estimate of drug-likeness (QED) is 0.275. The highest BCUT2D eigenvalue weighted by Crippen LogP contribution is 2.24. The van der Waals surface area contributed by atoms with Crippen molar-refractivity contribution in [1.29, 1.82) is 0 Å². The number of hydrogen-bond acceptors (Lipinski definition) is 7. The Hall–Kier alpha value is -3.79. The number of rotatable bonds is 6. The minimum Gasteiger partial charge on any atom is -0.322 e. The van der Waals surface area contributed by atoms with E-state index in [1.54, 1.807) is 22.7 Å². The van der Waals surface area contributed by atoms with E-state index < -0.39 is 4.92 Å². The molecule has 9 nitrogen and oxygen atoms in total. The normalized spacial score (nSPS) is 10.9. The number of aryl methyl sites for hydroxylation is 2. The average molecular weight is 434 g/mol. The van der Waals surface area contributed by atoms with Gasteiger partial charge in [0.2, 0.25) is 5.16 Å². The van der Waals surface area contributed by atoms with E-state index in [1.165, 1.54) is 30.0 Å². The number of thioether (sulfide) groups is 1. The van der Waals surface area contributed by atoms with E-state index in [1.807, 2.05) is 32.0 Å². The van der Waals surface area contributed by atoms with Crippen molar-refractivity contribution in [3.63, 3.8) is 0 Å².